The smallest absolute Gasteiger partial charge is 0.146 e. The lowest BCUT2D eigenvalue weighted by atomic mass is 10.0. The maximum Gasteiger partial charge on any atom is 0.146 e. The third-order valence-corrected chi connectivity index (χ3v) is 9.74. The van der Waals surface area contributed by atoms with Crippen LogP contribution in [0.3, 0.4) is 0 Å². The predicted octanol–water partition coefficient (Wildman–Crippen LogP) is 6.69. The first-order chi connectivity index (χ1) is 14.7. The first-order valence-electron chi connectivity index (χ1n) is 11.7. The summed E-state index contributed by atoms with van der Waals surface area (Å²) >= 11 is 0. The van der Waals surface area contributed by atoms with Crippen LogP contribution in [0.25, 0.3) is 0 Å². The number of hydrogen-bond acceptors (Lipinski definition) is 3. The van der Waals surface area contributed by atoms with Crippen molar-refractivity contribution in [1.82, 2.24) is 0 Å². The highest BCUT2D eigenvalue weighted by molar-refractivity contribution is 7.79. The normalized spacial score (nSPS) is 15.1. The van der Waals surface area contributed by atoms with Gasteiger partial charge in [0.1, 0.15) is 18.6 Å². The number of benzene rings is 2. The number of unbranched alkanes of at least 4 members (excludes halogenated alkanes) is 2. The summed E-state index contributed by atoms with van der Waals surface area (Å²) in [4.78, 5) is 0. The zero-order valence-corrected chi connectivity index (χ0v) is 19.5. The van der Waals surface area contributed by atoms with Crippen molar-refractivity contribution >= 4 is 17.8 Å². The molecule has 2 aromatic rings. The van der Waals surface area contributed by atoms with Crippen molar-refractivity contribution in [1.29, 1.82) is 0 Å². The molecule has 0 aromatic heterocycles. The Kier molecular flexibility index (Phi) is 8.88. The Hall–Kier alpha value is -1.73. The molecular formula is C26H37O3P. The van der Waals surface area contributed by atoms with E-state index in [1.54, 1.807) is 0 Å². The van der Waals surface area contributed by atoms with Crippen LogP contribution in [0.1, 0.15) is 71.6 Å². The van der Waals surface area contributed by atoms with Crippen LogP contribution in [-0.4, -0.2) is 18.9 Å². The molecule has 4 heteroatoms. The molecule has 1 aliphatic carbocycles. The highest BCUT2D eigenvalue weighted by atomic mass is 31.2. The van der Waals surface area contributed by atoms with E-state index in [-0.39, 0.29) is 5.66 Å². The number of rotatable bonds is 11. The largest absolute Gasteiger partial charge is 0.494 e. The van der Waals surface area contributed by atoms with Gasteiger partial charge in [-0.2, -0.15) is 0 Å². The maximum atomic E-state index is 14.6. The summed E-state index contributed by atoms with van der Waals surface area (Å²) in [6, 6.07) is 16.1. The zero-order chi connectivity index (χ0) is 21.2. The molecule has 0 radical (unpaired) electrons. The summed E-state index contributed by atoms with van der Waals surface area (Å²) in [6.07, 6.45) is 10.0. The molecule has 0 heterocycles. The summed E-state index contributed by atoms with van der Waals surface area (Å²) in [5, 5.41) is 1.91. The highest BCUT2D eigenvalue weighted by Gasteiger charge is 2.37. The molecule has 0 aliphatic heterocycles. The van der Waals surface area contributed by atoms with Crippen LogP contribution in [-0.2, 0) is 4.57 Å². The minimum atomic E-state index is -2.71. The zero-order valence-electron chi connectivity index (χ0n) is 18.6. The van der Waals surface area contributed by atoms with Gasteiger partial charge in [-0.15, -0.1) is 0 Å². The third kappa shape index (κ3) is 5.70. The minimum Gasteiger partial charge on any atom is -0.494 e. The maximum absolute atomic E-state index is 14.6. The van der Waals surface area contributed by atoms with Gasteiger partial charge in [0, 0.05) is 16.3 Å². The molecule has 0 spiro atoms. The van der Waals surface area contributed by atoms with Crippen molar-refractivity contribution in [3.8, 4) is 11.5 Å². The van der Waals surface area contributed by atoms with Crippen LogP contribution < -0.4 is 20.1 Å². The van der Waals surface area contributed by atoms with Crippen molar-refractivity contribution < 1.29 is 14.0 Å². The van der Waals surface area contributed by atoms with Gasteiger partial charge in [0.05, 0.1) is 13.2 Å². The van der Waals surface area contributed by atoms with Gasteiger partial charge in [-0.3, -0.25) is 0 Å². The summed E-state index contributed by atoms with van der Waals surface area (Å²) in [6.45, 7) is 5.78. The van der Waals surface area contributed by atoms with Crippen LogP contribution >= 0.6 is 7.14 Å². The van der Waals surface area contributed by atoms with E-state index in [2.05, 4.69) is 13.8 Å². The van der Waals surface area contributed by atoms with Crippen molar-refractivity contribution in [2.45, 2.75) is 77.3 Å². The summed E-state index contributed by atoms with van der Waals surface area (Å²) in [5.41, 5.74) is 0.227. The fourth-order valence-electron chi connectivity index (χ4n) is 4.21. The second kappa shape index (κ2) is 11.6. The quantitative estimate of drug-likeness (QED) is 0.295. The molecule has 0 saturated heterocycles. The Morgan fingerprint density at radius 1 is 0.733 bits per heavy atom. The Balaban J connectivity index is 1.85. The lowest BCUT2D eigenvalue weighted by molar-refractivity contribution is 0.309. The van der Waals surface area contributed by atoms with Crippen molar-refractivity contribution in [2.75, 3.05) is 13.2 Å². The Bertz CT molecular complexity index is 735. The van der Waals surface area contributed by atoms with Gasteiger partial charge in [-0.05, 0) is 74.2 Å². The molecule has 30 heavy (non-hydrogen) atoms. The molecule has 0 bridgehead atoms. The highest BCUT2D eigenvalue weighted by Crippen LogP contribution is 2.54. The van der Waals surface area contributed by atoms with Crippen LogP contribution in [0.5, 0.6) is 11.5 Å². The molecule has 164 valence electrons. The van der Waals surface area contributed by atoms with Crippen LogP contribution in [0, 0.1) is 0 Å². The summed E-state index contributed by atoms with van der Waals surface area (Å²) in [7, 11) is -2.71. The average Bonchev–Trinajstić information content (AvgIpc) is 2.80. The molecule has 1 fully saturated rings. The van der Waals surface area contributed by atoms with Gasteiger partial charge < -0.3 is 14.0 Å². The van der Waals surface area contributed by atoms with E-state index >= 15 is 0 Å². The SMILES string of the molecule is CCCCOc1ccc(P(=O)(c2ccc(OCCCC)cc2)C2CCCCC2)cc1. The summed E-state index contributed by atoms with van der Waals surface area (Å²) in [5.74, 6) is 1.73. The fourth-order valence-corrected chi connectivity index (χ4v) is 7.63. The lowest BCUT2D eigenvalue weighted by Gasteiger charge is -2.31. The monoisotopic (exact) mass is 428 g/mol. The third-order valence-electron chi connectivity index (χ3n) is 6.06. The van der Waals surface area contributed by atoms with E-state index in [0.717, 1.165) is 73.8 Å². The van der Waals surface area contributed by atoms with Gasteiger partial charge in [-0.1, -0.05) is 46.0 Å². The topological polar surface area (TPSA) is 35.5 Å². The first kappa shape index (κ1) is 22.9. The Morgan fingerprint density at radius 2 is 1.17 bits per heavy atom. The van der Waals surface area contributed by atoms with Gasteiger partial charge in [0.15, 0.2) is 0 Å². The molecule has 3 rings (SSSR count). The Morgan fingerprint density at radius 3 is 1.57 bits per heavy atom. The molecule has 1 aliphatic rings. The molecule has 3 nitrogen and oxygen atoms in total. The predicted molar refractivity (Wildman–Crippen MR) is 127 cm³/mol. The molecular weight excluding hydrogens is 391 g/mol. The van der Waals surface area contributed by atoms with Crippen LogP contribution in [0.15, 0.2) is 48.5 Å². The van der Waals surface area contributed by atoms with E-state index < -0.39 is 7.14 Å². The van der Waals surface area contributed by atoms with Crippen LogP contribution in [0.2, 0.25) is 0 Å². The van der Waals surface area contributed by atoms with Crippen molar-refractivity contribution in [2.24, 2.45) is 0 Å². The van der Waals surface area contributed by atoms with E-state index in [9.17, 15) is 4.57 Å². The standard InChI is InChI=1S/C26H37O3P/c1-3-5-20-28-22-12-16-25(17-13-22)30(27,24-10-8-7-9-11-24)26-18-14-23(15-19-26)29-21-6-4-2/h12-19,24H,3-11,20-21H2,1-2H3. The van der Waals surface area contributed by atoms with Gasteiger partial charge in [0.2, 0.25) is 0 Å². The van der Waals surface area contributed by atoms with E-state index in [4.69, 9.17) is 9.47 Å². The lowest BCUT2D eigenvalue weighted by Crippen LogP contribution is -2.27. The molecule has 0 unspecified atom stereocenters. The average molecular weight is 429 g/mol. The van der Waals surface area contributed by atoms with Gasteiger partial charge in [-0.25, -0.2) is 0 Å². The molecule has 0 atom stereocenters. The molecule has 0 amide bonds. The minimum absolute atomic E-state index is 0.227. The second-order valence-corrected chi connectivity index (χ2v) is 11.4. The van der Waals surface area contributed by atoms with Gasteiger partial charge >= 0.3 is 0 Å². The van der Waals surface area contributed by atoms with E-state index in [1.807, 2.05) is 48.5 Å². The number of hydrogen-bond donors (Lipinski definition) is 0. The summed E-state index contributed by atoms with van der Waals surface area (Å²) < 4.78 is 26.3. The molecule has 0 N–H and O–H groups in total. The fraction of sp³-hybridized carbons (Fsp3) is 0.538. The van der Waals surface area contributed by atoms with Crippen molar-refractivity contribution in [3.05, 3.63) is 48.5 Å². The first-order valence-corrected chi connectivity index (χ1v) is 13.5. The molecule has 1 saturated carbocycles. The Labute approximate surface area is 182 Å². The van der Waals surface area contributed by atoms with Crippen LogP contribution in [0.4, 0.5) is 0 Å². The van der Waals surface area contributed by atoms with Crippen molar-refractivity contribution in [3.63, 3.8) is 0 Å². The number of ether oxygens (including phenoxy) is 2. The molecule has 2 aromatic carbocycles. The van der Waals surface area contributed by atoms with Gasteiger partial charge in [0.25, 0.3) is 0 Å². The van der Waals surface area contributed by atoms with E-state index in [1.165, 1.54) is 19.3 Å². The second-order valence-electron chi connectivity index (χ2n) is 8.34. The van der Waals surface area contributed by atoms with E-state index in [0.29, 0.717) is 0 Å².